The molecular weight excluding hydrogens is 480 g/mol. The molecule has 0 amide bonds. The van der Waals surface area contributed by atoms with Crippen molar-refractivity contribution in [1.82, 2.24) is 0 Å². The Hall–Kier alpha value is -1.80. The predicted octanol–water partition coefficient (Wildman–Crippen LogP) is 6.06. The summed E-state index contributed by atoms with van der Waals surface area (Å²) in [6.07, 6.45) is 8.96. The highest BCUT2D eigenvalue weighted by Crippen LogP contribution is 2.52. The van der Waals surface area contributed by atoms with Crippen molar-refractivity contribution in [2.45, 2.75) is 126 Å². The first-order valence-corrected chi connectivity index (χ1v) is 14.8. The van der Waals surface area contributed by atoms with Gasteiger partial charge in [-0.3, -0.25) is 0 Å². The molecule has 5 aliphatic rings. The third-order valence-corrected chi connectivity index (χ3v) is 9.15. The maximum Gasteiger partial charge on any atom is 0.169 e. The van der Waals surface area contributed by atoms with E-state index in [1.807, 2.05) is 12.1 Å². The Kier molecular flexibility index (Phi) is 7.05. The molecule has 2 aliphatic heterocycles. The third kappa shape index (κ3) is 4.85. The highest BCUT2D eigenvalue weighted by molar-refractivity contribution is 5.16. The average Bonchev–Trinajstić information content (AvgIpc) is 3.50. The van der Waals surface area contributed by atoms with Crippen molar-refractivity contribution < 1.29 is 28.4 Å². The van der Waals surface area contributed by atoms with Crippen molar-refractivity contribution in [3.63, 3.8) is 0 Å². The van der Waals surface area contributed by atoms with Crippen LogP contribution in [0.1, 0.15) is 75.3 Å². The zero-order valence-corrected chi connectivity index (χ0v) is 22.2. The molecule has 0 radical (unpaired) electrons. The molecule has 3 aliphatic carbocycles. The van der Waals surface area contributed by atoms with Gasteiger partial charge in [0.1, 0.15) is 36.6 Å². The summed E-state index contributed by atoms with van der Waals surface area (Å²) in [5.74, 6) is -1.12. The maximum absolute atomic E-state index is 6.90. The molecular formula is C32H40O6. The average molecular weight is 521 g/mol. The van der Waals surface area contributed by atoms with Crippen molar-refractivity contribution in [3.8, 4) is 0 Å². The molecule has 7 rings (SSSR count). The van der Waals surface area contributed by atoms with Crippen molar-refractivity contribution in [1.29, 1.82) is 0 Å². The van der Waals surface area contributed by atoms with Crippen LogP contribution in [0.2, 0.25) is 0 Å². The largest absolute Gasteiger partial charge is 0.368 e. The Bertz CT molecular complexity index is 935. The van der Waals surface area contributed by atoms with Gasteiger partial charge in [-0.05, 0) is 36.8 Å². The van der Waals surface area contributed by atoms with Crippen molar-refractivity contribution >= 4 is 0 Å². The standard InChI is InChI=1S/C32H40O6/c1-5-13-23(14-6-1)21-33-25-27-29(37-31(35-27)17-9-3-10-18-31)26(34-22-24-15-7-2-8-16-24)30-28(25)36-32(38-30)19-11-4-12-20-32/h1-2,5-8,13-16,25-30H,3-4,9-12,17-22H2/t25?,26?,27-,28-,29-,30-/m0/s1. The summed E-state index contributed by atoms with van der Waals surface area (Å²) in [6, 6.07) is 20.7. The maximum atomic E-state index is 6.90. The molecule has 38 heavy (non-hydrogen) atoms. The lowest BCUT2D eigenvalue weighted by Crippen LogP contribution is -2.62. The second-order valence-electron chi connectivity index (χ2n) is 11.8. The number of fused-ring (bicyclic) bond motifs is 2. The molecule has 0 bridgehead atoms. The number of hydrogen-bond donors (Lipinski definition) is 0. The SMILES string of the molecule is c1ccc(COC2[C@@H]3OC4(CCCCC4)O[C@H]3C(OCc3ccccc3)[C@@H]3OC4(CCCCC4)O[C@@H]23)cc1. The quantitative estimate of drug-likeness (QED) is 0.462. The number of ether oxygens (including phenoxy) is 6. The number of benzene rings is 2. The van der Waals surface area contributed by atoms with Crippen LogP contribution >= 0.6 is 0 Å². The van der Waals surface area contributed by atoms with Gasteiger partial charge in [-0.1, -0.05) is 73.5 Å². The van der Waals surface area contributed by atoms with Crippen molar-refractivity contribution in [2.75, 3.05) is 0 Å². The summed E-state index contributed by atoms with van der Waals surface area (Å²) in [6.45, 7) is 1.00. The van der Waals surface area contributed by atoms with Crippen LogP contribution < -0.4 is 0 Å². The molecule has 204 valence electrons. The van der Waals surface area contributed by atoms with Gasteiger partial charge in [0.2, 0.25) is 0 Å². The molecule has 5 fully saturated rings. The number of rotatable bonds is 6. The Labute approximate surface area is 225 Å². The first-order valence-electron chi connectivity index (χ1n) is 14.8. The van der Waals surface area contributed by atoms with Crippen LogP contribution in [0.4, 0.5) is 0 Å². The Morgan fingerprint density at radius 1 is 0.500 bits per heavy atom. The fraction of sp³-hybridized carbons (Fsp3) is 0.625. The fourth-order valence-electron chi connectivity index (χ4n) is 7.27. The molecule has 0 N–H and O–H groups in total. The van der Waals surface area contributed by atoms with Gasteiger partial charge in [0.25, 0.3) is 0 Å². The van der Waals surface area contributed by atoms with Gasteiger partial charge < -0.3 is 28.4 Å². The first-order chi connectivity index (χ1) is 18.7. The number of hydrogen-bond acceptors (Lipinski definition) is 6. The summed E-state index contributed by atoms with van der Waals surface area (Å²) in [4.78, 5) is 0. The molecule has 4 atom stereocenters. The second-order valence-corrected chi connectivity index (χ2v) is 11.8. The van der Waals surface area contributed by atoms with Gasteiger partial charge in [0, 0.05) is 25.7 Å². The summed E-state index contributed by atoms with van der Waals surface area (Å²) < 4.78 is 41.0. The van der Waals surface area contributed by atoms with Gasteiger partial charge in [0.05, 0.1) is 13.2 Å². The van der Waals surface area contributed by atoms with Gasteiger partial charge in [-0.15, -0.1) is 0 Å². The molecule has 2 heterocycles. The van der Waals surface area contributed by atoms with E-state index in [0.717, 1.165) is 62.5 Å². The highest BCUT2D eigenvalue weighted by atomic mass is 16.8. The van der Waals surface area contributed by atoms with E-state index in [1.54, 1.807) is 0 Å². The minimum Gasteiger partial charge on any atom is -0.368 e. The zero-order valence-electron chi connectivity index (χ0n) is 22.2. The molecule has 0 aromatic heterocycles. The molecule has 2 saturated heterocycles. The molecule has 2 aromatic carbocycles. The molecule has 3 saturated carbocycles. The summed E-state index contributed by atoms with van der Waals surface area (Å²) in [5, 5.41) is 0. The van der Waals surface area contributed by atoms with Crippen molar-refractivity contribution in [2.24, 2.45) is 0 Å². The van der Waals surface area contributed by atoms with Crippen LogP contribution in [0.15, 0.2) is 60.7 Å². The van der Waals surface area contributed by atoms with Crippen LogP contribution in [0, 0.1) is 0 Å². The molecule has 6 nitrogen and oxygen atoms in total. The van der Waals surface area contributed by atoms with Crippen LogP contribution in [0.25, 0.3) is 0 Å². The highest BCUT2D eigenvalue weighted by Gasteiger charge is 2.66. The third-order valence-electron chi connectivity index (χ3n) is 9.15. The lowest BCUT2D eigenvalue weighted by atomic mass is 9.84. The normalized spacial score (nSPS) is 35.3. The summed E-state index contributed by atoms with van der Waals surface area (Å²) >= 11 is 0. The van der Waals surface area contributed by atoms with Gasteiger partial charge in [-0.25, -0.2) is 0 Å². The van der Waals surface area contributed by atoms with E-state index in [9.17, 15) is 0 Å². The minimum absolute atomic E-state index is 0.263. The lowest BCUT2D eigenvalue weighted by Gasteiger charge is -2.42. The van der Waals surface area contributed by atoms with Gasteiger partial charge >= 0.3 is 0 Å². The van der Waals surface area contributed by atoms with Crippen LogP contribution in [-0.4, -0.2) is 48.2 Å². The van der Waals surface area contributed by atoms with E-state index in [4.69, 9.17) is 28.4 Å². The van der Waals surface area contributed by atoms with Gasteiger partial charge in [0.15, 0.2) is 11.6 Å². The second kappa shape index (κ2) is 10.6. The fourth-order valence-corrected chi connectivity index (χ4v) is 7.27. The molecule has 2 spiro atoms. The lowest BCUT2D eigenvalue weighted by molar-refractivity contribution is -0.229. The monoisotopic (exact) mass is 520 g/mol. The molecule has 2 aromatic rings. The van der Waals surface area contributed by atoms with E-state index >= 15 is 0 Å². The summed E-state index contributed by atoms with van der Waals surface area (Å²) in [7, 11) is 0. The van der Waals surface area contributed by atoms with Crippen LogP contribution in [0.5, 0.6) is 0 Å². The Balaban J connectivity index is 1.20. The van der Waals surface area contributed by atoms with E-state index in [2.05, 4.69) is 48.5 Å². The van der Waals surface area contributed by atoms with E-state index in [1.165, 1.54) is 12.8 Å². The van der Waals surface area contributed by atoms with Crippen LogP contribution in [0.3, 0.4) is 0 Å². The Morgan fingerprint density at radius 2 is 0.842 bits per heavy atom. The van der Waals surface area contributed by atoms with Crippen molar-refractivity contribution in [3.05, 3.63) is 71.8 Å². The van der Waals surface area contributed by atoms with Gasteiger partial charge in [-0.2, -0.15) is 0 Å². The predicted molar refractivity (Wildman–Crippen MR) is 141 cm³/mol. The Morgan fingerprint density at radius 3 is 1.18 bits per heavy atom. The molecule has 0 unspecified atom stereocenters. The molecule has 6 heteroatoms. The van der Waals surface area contributed by atoms with E-state index in [-0.39, 0.29) is 36.6 Å². The van der Waals surface area contributed by atoms with Crippen LogP contribution in [-0.2, 0) is 41.6 Å². The smallest absolute Gasteiger partial charge is 0.169 e. The zero-order chi connectivity index (χ0) is 25.4. The summed E-state index contributed by atoms with van der Waals surface area (Å²) in [5.41, 5.74) is 2.28. The minimum atomic E-state index is -0.558. The van der Waals surface area contributed by atoms with E-state index < -0.39 is 11.6 Å². The first kappa shape index (κ1) is 25.2. The topological polar surface area (TPSA) is 55.4 Å². The van der Waals surface area contributed by atoms with E-state index in [0.29, 0.717) is 13.2 Å².